The second-order valence-electron chi connectivity index (χ2n) is 3.94. The minimum absolute atomic E-state index is 0.195. The maximum absolute atomic E-state index is 10.2. The Bertz CT molecular complexity index is 174. The number of nitrogens with zero attached hydrogens (tertiary/aromatic N) is 1. The average molecular weight is 197 g/mol. The van der Waals surface area contributed by atoms with E-state index >= 15 is 0 Å². The van der Waals surface area contributed by atoms with E-state index in [1.165, 1.54) is 0 Å². The standard InChI is InChI=1S/C7H14ClNO3/c1-9(2,3)5-7(8,12)4-6(10)11/h12H,4-5H2,1-3H3/p+1. The van der Waals surface area contributed by atoms with Crippen molar-refractivity contribution in [3.05, 3.63) is 0 Å². The number of hydrogen-bond acceptors (Lipinski definition) is 2. The zero-order valence-corrected chi connectivity index (χ0v) is 8.30. The molecule has 1 unspecified atom stereocenters. The lowest BCUT2D eigenvalue weighted by Gasteiger charge is -2.30. The Labute approximate surface area is 77.0 Å². The van der Waals surface area contributed by atoms with E-state index in [0.29, 0.717) is 4.48 Å². The number of quaternary nitrogens is 1. The van der Waals surface area contributed by atoms with Crippen LogP contribution in [0, 0.1) is 0 Å². The van der Waals surface area contributed by atoms with Gasteiger partial charge in [-0.3, -0.25) is 4.79 Å². The average Bonchev–Trinajstić information content (AvgIpc) is 1.48. The van der Waals surface area contributed by atoms with Crippen molar-refractivity contribution in [3.8, 4) is 0 Å². The molecule has 0 aliphatic carbocycles. The maximum atomic E-state index is 10.2. The number of hydrogen-bond donors (Lipinski definition) is 2. The number of likely N-dealkylation sites (N-methyl/N-ethyl adjacent to an activating group) is 1. The molecule has 2 N–H and O–H groups in total. The molecule has 4 nitrogen and oxygen atoms in total. The molecule has 0 radical (unpaired) electrons. The first-order chi connectivity index (χ1) is 5.12. The van der Waals surface area contributed by atoms with Crippen LogP contribution in [-0.2, 0) is 4.79 Å². The molecule has 0 heterocycles. The molecule has 0 aliphatic rings. The first-order valence-corrected chi connectivity index (χ1v) is 3.94. The van der Waals surface area contributed by atoms with Gasteiger partial charge >= 0.3 is 5.97 Å². The summed E-state index contributed by atoms with van der Waals surface area (Å²) in [5.74, 6) is -1.10. The van der Waals surface area contributed by atoms with E-state index < -0.39 is 17.5 Å². The Morgan fingerprint density at radius 2 is 1.92 bits per heavy atom. The molecule has 5 heteroatoms. The Morgan fingerprint density at radius 3 is 2.17 bits per heavy atom. The highest BCUT2D eigenvalue weighted by Gasteiger charge is 2.33. The third-order valence-corrected chi connectivity index (χ3v) is 1.39. The van der Waals surface area contributed by atoms with Gasteiger partial charge in [-0.15, -0.1) is 0 Å². The molecule has 0 aromatic heterocycles. The van der Waals surface area contributed by atoms with Crippen LogP contribution in [0.3, 0.4) is 0 Å². The van der Waals surface area contributed by atoms with Gasteiger partial charge in [-0.05, 0) is 0 Å². The fraction of sp³-hybridized carbons (Fsp3) is 0.857. The Morgan fingerprint density at radius 1 is 1.50 bits per heavy atom. The SMILES string of the molecule is C[N+](C)(C)CC(O)(Cl)CC(=O)O. The van der Waals surface area contributed by atoms with Crippen molar-refractivity contribution in [3.63, 3.8) is 0 Å². The molecule has 0 aliphatic heterocycles. The molecule has 1 atom stereocenters. The molecule has 12 heavy (non-hydrogen) atoms. The Balaban J connectivity index is 4.13. The summed E-state index contributed by atoms with van der Waals surface area (Å²) < 4.78 is 0.424. The zero-order chi connectivity index (χ0) is 9.99. The second kappa shape index (κ2) is 3.60. The van der Waals surface area contributed by atoms with Crippen LogP contribution < -0.4 is 0 Å². The molecule has 0 fully saturated rings. The van der Waals surface area contributed by atoms with E-state index in [-0.39, 0.29) is 6.54 Å². The highest BCUT2D eigenvalue weighted by Crippen LogP contribution is 2.18. The Kier molecular flexibility index (Phi) is 3.50. The summed E-state index contributed by atoms with van der Waals surface area (Å²) >= 11 is 5.57. The van der Waals surface area contributed by atoms with Gasteiger partial charge in [0.15, 0.2) is 5.06 Å². The van der Waals surface area contributed by atoms with E-state index in [1.54, 1.807) is 0 Å². The number of alkyl halides is 1. The third kappa shape index (κ3) is 6.39. The summed E-state index contributed by atoms with van der Waals surface area (Å²) in [4.78, 5) is 10.2. The van der Waals surface area contributed by atoms with Crippen LogP contribution in [-0.4, -0.2) is 53.4 Å². The van der Waals surface area contributed by atoms with Crippen molar-refractivity contribution in [1.82, 2.24) is 0 Å². The van der Waals surface area contributed by atoms with Gasteiger partial charge in [0.1, 0.15) is 6.54 Å². The molecule has 0 spiro atoms. The number of rotatable bonds is 4. The lowest BCUT2D eigenvalue weighted by molar-refractivity contribution is -0.875. The third-order valence-electron chi connectivity index (χ3n) is 1.14. The van der Waals surface area contributed by atoms with Gasteiger partial charge in [-0.25, -0.2) is 0 Å². The molecule has 72 valence electrons. The molecule has 0 amide bonds. The van der Waals surface area contributed by atoms with Crippen LogP contribution in [0.1, 0.15) is 6.42 Å². The highest BCUT2D eigenvalue weighted by atomic mass is 35.5. The molecular weight excluding hydrogens is 182 g/mol. The predicted octanol–water partition coefficient (Wildman–Crippen LogP) is 0.0947. The predicted molar refractivity (Wildman–Crippen MR) is 46.0 cm³/mol. The monoisotopic (exact) mass is 196 g/mol. The fourth-order valence-corrected chi connectivity index (χ4v) is 1.49. The summed E-state index contributed by atoms with van der Waals surface area (Å²) in [6.45, 7) is 0.195. The topological polar surface area (TPSA) is 57.5 Å². The zero-order valence-electron chi connectivity index (χ0n) is 7.54. The first kappa shape index (κ1) is 11.7. The highest BCUT2D eigenvalue weighted by molar-refractivity contribution is 6.23. The van der Waals surface area contributed by atoms with Crippen molar-refractivity contribution >= 4 is 17.6 Å². The minimum Gasteiger partial charge on any atom is -0.481 e. The molecule has 0 bridgehead atoms. The van der Waals surface area contributed by atoms with Crippen molar-refractivity contribution in [2.45, 2.75) is 11.5 Å². The summed E-state index contributed by atoms with van der Waals surface area (Å²) in [5, 5.41) is 16.1. The van der Waals surface area contributed by atoms with Gasteiger partial charge in [0, 0.05) is 0 Å². The molecular formula is C7H15ClNO3+. The van der Waals surface area contributed by atoms with E-state index in [4.69, 9.17) is 16.7 Å². The van der Waals surface area contributed by atoms with Crippen LogP contribution in [0.15, 0.2) is 0 Å². The summed E-state index contributed by atoms with van der Waals surface area (Å²) in [7, 11) is 5.49. The number of carboxylic acid groups (broad SMARTS) is 1. The maximum Gasteiger partial charge on any atom is 0.307 e. The van der Waals surface area contributed by atoms with E-state index in [9.17, 15) is 9.90 Å². The molecule has 0 rings (SSSR count). The number of aliphatic carboxylic acids is 1. The van der Waals surface area contributed by atoms with Crippen LogP contribution in [0.2, 0.25) is 0 Å². The lowest BCUT2D eigenvalue weighted by Crippen LogP contribution is -2.47. The number of halogens is 1. The van der Waals surface area contributed by atoms with Crippen molar-refractivity contribution in [2.24, 2.45) is 0 Å². The number of aliphatic hydroxyl groups is 1. The molecule has 0 saturated carbocycles. The smallest absolute Gasteiger partial charge is 0.307 e. The van der Waals surface area contributed by atoms with Crippen molar-refractivity contribution in [2.75, 3.05) is 27.7 Å². The number of carbonyl (C=O) groups is 1. The lowest BCUT2D eigenvalue weighted by atomic mass is 10.2. The summed E-state index contributed by atoms with van der Waals surface area (Å²) in [6, 6.07) is 0. The van der Waals surface area contributed by atoms with Gasteiger partial charge in [-0.1, -0.05) is 11.6 Å². The van der Waals surface area contributed by atoms with Crippen LogP contribution in [0.5, 0.6) is 0 Å². The second-order valence-corrected chi connectivity index (χ2v) is 4.64. The van der Waals surface area contributed by atoms with E-state index in [2.05, 4.69) is 0 Å². The van der Waals surface area contributed by atoms with E-state index in [0.717, 1.165) is 0 Å². The van der Waals surface area contributed by atoms with Gasteiger partial charge in [0.25, 0.3) is 0 Å². The summed E-state index contributed by atoms with van der Waals surface area (Å²) in [5.41, 5.74) is 0. The van der Waals surface area contributed by atoms with Gasteiger partial charge in [-0.2, -0.15) is 0 Å². The largest absolute Gasteiger partial charge is 0.481 e. The van der Waals surface area contributed by atoms with Gasteiger partial charge < -0.3 is 14.7 Å². The molecule has 0 saturated heterocycles. The molecule has 0 aromatic rings. The summed E-state index contributed by atoms with van der Waals surface area (Å²) in [6.07, 6.45) is -0.440. The fourth-order valence-electron chi connectivity index (χ4n) is 1.01. The van der Waals surface area contributed by atoms with Crippen molar-refractivity contribution < 1.29 is 19.5 Å². The van der Waals surface area contributed by atoms with Crippen LogP contribution in [0.25, 0.3) is 0 Å². The van der Waals surface area contributed by atoms with Crippen molar-refractivity contribution in [1.29, 1.82) is 0 Å². The minimum atomic E-state index is -1.65. The first-order valence-electron chi connectivity index (χ1n) is 3.56. The van der Waals surface area contributed by atoms with Crippen LogP contribution >= 0.6 is 11.6 Å². The Hall–Kier alpha value is -0.320. The van der Waals surface area contributed by atoms with E-state index in [1.807, 2.05) is 21.1 Å². The normalized spacial score (nSPS) is 17.1. The number of carboxylic acids is 1. The van der Waals surface area contributed by atoms with Gasteiger partial charge in [0.2, 0.25) is 0 Å². The van der Waals surface area contributed by atoms with Crippen LogP contribution in [0.4, 0.5) is 0 Å². The quantitative estimate of drug-likeness (QED) is 0.495. The van der Waals surface area contributed by atoms with Gasteiger partial charge in [0.05, 0.1) is 27.6 Å². The molecule has 0 aromatic carbocycles.